The minimum Gasteiger partial charge on any atom is -0.372 e. The van der Waals surface area contributed by atoms with Gasteiger partial charge in [0.25, 0.3) is 0 Å². The Balaban J connectivity index is 2.05. The molecule has 1 saturated heterocycles. The second-order valence-corrected chi connectivity index (χ2v) is 5.50. The van der Waals surface area contributed by atoms with E-state index in [0.29, 0.717) is 0 Å². The lowest BCUT2D eigenvalue weighted by Crippen LogP contribution is -2.42. The summed E-state index contributed by atoms with van der Waals surface area (Å²) in [6.07, 6.45) is 3.53. The standard InChI is InChI=1S/C16H25NO/c1-4-13-6-8-14(9-7-13)15-12-17-16(3,5-2)10-11-18-15/h6-9,15,17H,4-5,10-12H2,1-3H3. The van der Waals surface area contributed by atoms with Crippen LogP contribution in [0.15, 0.2) is 24.3 Å². The fourth-order valence-electron chi connectivity index (χ4n) is 2.40. The minimum absolute atomic E-state index is 0.198. The molecule has 0 saturated carbocycles. The molecular formula is C16H25NO. The predicted octanol–water partition coefficient (Wildman–Crippen LogP) is 3.47. The van der Waals surface area contributed by atoms with Crippen molar-refractivity contribution in [2.24, 2.45) is 0 Å². The van der Waals surface area contributed by atoms with E-state index < -0.39 is 0 Å². The summed E-state index contributed by atoms with van der Waals surface area (Å²) in [5.41, 5.74) is 2.91. The van der Waals surface area contributed by atoms with Crippen molar-refractivity contribution in [2.45, 2.75) is 51.7 Å². The van der Waals surface area contributed by atoms with Crippen LogP contribution in [-0.2, 0) is 11.2 Å². The first kappa shape index (κ1) is 13.6. The maximum absolute atomic E-state index is 6.00. The van der Waals surface area contributed by atoms with Crippen molar-refractivity contribution in [3.63, 3.8) is 0 Å². The molecule has 2 nitrogen and oxygen atoms in total. The molecule has 100 valence electrons. The van der Waals surface area contributed by atoms with Gasteiger partial charge in [0.15, 0.2) is 0 Å². The summed E-state index contributed by atoms with van der Waals surface area (Å²) in [6, 6.07) is 8.84. The summed E-state index contributed by atoms with van der Waals surface area (Å²) in [5, 5.41) is 3.66. The second kappa shape index (κ2) is 5.85. The van der Waals surface area contributed by atoms with Crippen molar-refractivity contribution in [3.05, 3.63) is 35.4 Å². The highest BCUT2D eigenvalue weighted by Crippen LogP contribution is 2.25. The molecule has 18 heavy (non-hydrogen) atoms. The van der Waals surface area contributed by atoms with Crippen LogP contribution in [0.4, 0.5) is 0 Å². The van der Waals surface area contributed by atoms with Crippen LogP contribution in [0.3, 0.4) is 0 Å². The highest BCUT2D eigenvalue weighted by Gasteiger charge is 2.27. The molecule has 1 aromatic carbocycles. The van der Waals surface area contributed by atoms with E-state index in [1.807, 2.05) is 0 Å². The van der Waals surface area contributed by atoms with Gasteiger partial charge in [0.1, 0.15) is 0 Å². The Morgan fingerprint density at radius 1 is 1.28 bits per heavy atom. The zero-order chi connectivity index (χ0) is 13.0. The van der Waals surface area contributed by atoms with Crippen LogP contribution in [-0.4, -0.2) is 18.7 Å². The van der Waals surface area contributed by atoms with Crippen molar-refractivity contribution in [2.75, 3.05) is 13.2 Å². The first-order valence-electron chi connectivity index (χ1n) is 7.12. The topological polar surface area (TPSA) is 21.3 Å². The van der Waals surface area contributed by atoms with Gasteiger partial charge in [-0.3, -0.25) is 0 Å². The monoisotopic (exact) mass is 247 g/mol. The number of nitrogens with one attached hydrogen (secondary N) is 1. The maximum Gasteiger partial charge on any atom is 0.0949 e. The van der Waals surface area contributed by atoms with Crippen LogP contribution >= 0.6 is 0 Å². The fraction of sp³-hybridized carbons (Fsp3) is 0.625. The fourth-order valence-corrected chi connectivity index (χ4v) is 2.40. The van der Waals surface area contributed by atoms with Crippen LogP contribution < -0.4 is 5.32 Å². The van der Waals surface area contributed by atoms with E-state index in [9.17, 15) is 0 Å². The molecule has 1 aliphatic heterocycles. The van der Waals surface area contributed by atoms with E-state index in [-0.39, 0.29) is 11.6 Å². The number of benzene rings is 1. The molecule has 1 N–H and O–H groups in total. The summed E-state index contributed by atoms with van der Waals surface area (Å²) in [6.45, 7) is 8.47. The van der Waals surface area contributed by atoms with Crippen molar-refractivity contribution >= 4 is 0 Å². The molecule has 2 unspecified atom stereocenters. The molecule has 1 heterocycles. The molecule has 2 rings (SSSR count). The number of hydrogen-bond acceptors (Lipinski definition) is 2. The van der Waals surface area contributed by atoms with Crippen LogP contribution in [0.1, 0.15) is 50.8 Å². The normalized spacial score (nSPS) is 28.9. The Kier molecular flexibility index (Phi) is 4.41. The van der Waals surface area contributed by atoms with Crippen LogP contribution in [0.25, 0.3) is 0 Å². The molecule has 1 fully saturated rings. The molecule has 2 heteroatoms. The average Bonchev–Trinajstić information content (AvgIpc) is 2.62. The summed E-state index contributed by atoms with van der Waals surface area (Å²) in [4.78, 5) is 0. The molecule has 1 aliphatic rings. The Hall–Kier alpha value is -0.860. The molecule has 0 radical (unpaired) electrons. The zero-order valence-corrected chi connectivity index (χ0v) is 11.8. The summed E-state index contributed by atoms with van der Waals surface area (Å²) in [7, 11) is 0. The Labute approximate surface area is 111 Å². The van der Waals surface area contributed by atoms with Crippen LogP contribution in [0.2, 0.25) is 0 Å². The molecule has 0 aliphatic carbocycles. The lowest BCUT2D eigenvalue weighted by Gasteiger charge is -2.27. The zero-order valence-electron chi connectivity index (χ0n) is 11.8. The molecular weight excluding hydrogens is 222 g/mol. The minimum atomic E-state index is 0.198. The van der Waals surface area contributed by atoms with Crippen molar-refractivity contribution in [3.8, 4) is 0 Å². The van der Waals surface area contributed by atoms with E-state index in [1.54, 1.807) is 0 Å². The maximum atomic E-state index is 6.00. The van der Waals surface area contributed by atoms with Gasteiger partial charge < -0.3 is 10.1 Å². The quantitative estimate of drug-likeness (QED) is 0.883. The van der Waals surface area contributed by atoms with E-state index in [0.717, 1.165) is 32.4 Å². The van der Waals surface area contributed by atoms with Crippen LogP contribution in [0.5, 0.6) is 0 Å². The lowest BCUT2D eigenvalue weighted by molar-refractivity contribution is 0.0653. The van der Waals surface area contributed by atoms with Gasteiger partial charge in [-0.15, -0.1) is 0 Å². The van der Waals surface area contributed by atoms with Gasteiger partial charge in [-0.05, 0) is 37.3 Å². The summed E-state index contributed by atoms with van der Waals surface area (Å²) in [5.74, 6) is 0. The molecule has 0 aromatic heterocycles. The van der Waals surface area contributed by atoms with Crippen molar-refractivity contribution in [1.29, 1.82) is 0 Å². The van der Waals surface area contributed by atoms with E-state index in [4.69, 9.17) is 4.74 Å². The van der Waals surface area contributed by atoms with Crippen LogP contribution in [0, 0.1) is 0 Å². The first-order chi connectivity index (χ1) is 8.67. The third kappa shape index (κ3) is 3.12. The predicted molar refractivity (Wildman–Crippen MR) is 75.8 cm³/mol. The van der Waals surface area contributed by atoms with Gasteiger partial charge in [0.2, 0.25) is 0 Å². The van der Waals surface area contributed by atoms with Gasteiger partial charge in [0, 0.05) is 18.7 Å². The van der Waals surface area contributed by atoms with Crippen molar-refractivity contribution < 1.29 is 4.74 Å². The number of ether oxygens (including phenoxy) is 1. The molecule has 1 aromatic rings. The molecule has 0 bridgehead atoms. The number of aryl methyl sites for hydroxylation is 1. The summed E-state index contributed by atoms with van der Waals surface area (Å²) >= 11 is 0. The number of hydrogen-bond donors (Lipinski definition) is 1. The van der Waals surface area contributed by atoms with Gasteiger partial charge in [-0.1, -0.05) is 38.1 Å². The van der Waals surface area contributed by atoms with E-state index in [2.05, 4.69) is 50.4 Å². The van der Waals surface area contributed by atoms with Gasteiger partial charge in [-0.2, -0.15) is 0 Å². The Morgan fingerprint density at radius 3 is 2.61 bits per heavy atom. The Morgan fingerprint density at radius 2 is 2.00 bits per heavy atom. The van der Waals surface area contributed by atoms with Gasteiger partial charge in [-0.25, -0.2) is 0 Å². The SMILES string of the molecule is CCc1ccc(C2CNC(C)(CC)CCO2)cc1. The molecule has 2 atom stereocenters. The number of rotatable bonds is 3. The van der Waals surface area contributed by atoms with E-state index >= 15 is 0 Å². The lowest BCUT2D eigenvalue weighted by atomic mass is 9.95. The smallest absolute Gasteiger partial charge is 0.0949 e. The highest BCUT2D eigenvalue weighted by molar-refractivity contribution is 5.24. The largest absolute Gasteiger partial charge is 0.372 e. The Bertz CT molecular complexity index is 373. The van der Waals surface area contributed by atoms with Gasteiger partial charge >= 0.3 is 0 Å². The highest BCUT2D eigenvalue weighted by atomic mass is 16.5. The van der Waals surface area contributed by atoms with Gasteiger partial charge in [0.05, 0.1) is 6.10 Å². The third-order valence-corrected chi connectivity index (χ3v) is 4.23. The third-order valence-electron chi connectivity index (χ3n) is 4.23. The first-order valence-corrected chi connectivity index (χ1v) is 7.12. The molecule has 0 amide bonds. The van der Waals surface area contributed by atoms with Crippen molar-refractivity contribution in [1.82, 2.24) is 5.32 Å². The summed E-state index contributed by atoms with van der Waals surface area (Å²) < 4.78 is 6.00. The second-order valence-electron chi connectivity index (χ2n) is 5.50. The average molecular weight is 247 g/mol. The molecule has 0 spiro atoms. The van der Waals surface area contributed by atoms with E-state index in [1.165, 1.54) is 11.1 Å².